The Labute approximate surface area is 183 Å². The Kier molecular flexibility index (Phi) is 5.70. The second-order valence-electron chi connectivity index (χ2n) is 8.78. The zero-order chi connectivity index (χ0) is 22.2. The maximum absolute atomic E-state index is 10.3. The molecule has 1 unspecified atom stereocenters. The van der Waals surface area contributed by atoms with E-state index in [1.54, 1.807) is 14.0 Å². The van der Waals surface area contributed by atoms with Crippen LogP contribution in [0.1, 0.15) is 49.6 Å². The van der Waals surface area contributed by atoms with Gasteiger partial charge in [-0.3, -0.25) is 0 Å². The van der Waals surface area contributed by atoms with Crippen molar-refractivity contribution in [3.63, 3.8) is 0 Å². The third-order valence-corrected chi connectivity index (χ3v) is 6.52. The zero-order valence-corrected chi connectivity index (χ0v) is 18.6. The minimum atomic E-state index is -0.607. The summed E-state index contributed by atoms with van der Waals surface area (Å²) in [6, 6.07) is 16.5. The number of hydrogen-bond acceptors (Lipinski definition) is 5. The Hall–Kier alpha value is -2.94. The number of pyridine rings is 1. The standard InChI is InChI=1S/C26H29N3O2/c1-17-13-21(18(2)30)23-15-22(25(16-27)28-24(23)14-17)19-5-7-20(8-6-19)29-11-9-26(3,31-4)10-12-29/h5-8,13-15,18,30H,9-12H2,1-4H3. The van der Waals surface area contributed by atoms with Gasteiger partial charge in [0.25, 0.3) is 0 Å². The van der Waals surface area contributed by atoms with Gasteiger partial charge in [-0.25, -0.2) is 4.98 Å². The van der Waals surface area contributed by atoms with E-state index in [9.17, 15) is 10.4 Å². The number of nitriles is 1. The van der Waals surface area contributed by atoms with Gasteiger partial charge in [-0.05, 0) is 74.6 Å². The first kappa shape index (κ1) is 21.3. The van der Waals surface area contributed by atoms with Gasteiger partial charge in [0.05, 0.1) is 17.2 Å². The molecule has 1 aliphatic heterocycles. The molecule has 1 saturated heterocycles. The van der Waals surface area contributed by atoms with E-state index in [1.807, 2.05) is 25.1 Å². The highest BCUT2D eigenvalue weighted by atomic mass is 16.5. The zero-order valence-electron chi connectivity index (χ0n) is 18.6. The molecule has 1 N–H and O–H groups in total. The number of benzene rings is 2. The lowest BCUT2D eigenvalue weighted by Crippen LogP contribution is -2.43. The van der Waals surface area contributed by atoms with Crippen molar-refractivity contribution >= 4 is 16.6 Å². The Bertz CT molecular complexity index is 1140. The lowest BCUT2D eigenvalue weighted by atomic mass is 9.93. The van der Waals surface area contributed by atoms with Crippen molar-refractivity contribution in [3.8, 4) is 17.2 Å². The van der Waals surface area contributed by atoms with Crippen molar-refractivity contribution in [2.75, 3.05) is 25.1 Å². The van der Waals surface area contributed by atoms with Crippen molar-refractivity contribution in [2.24, 2.45) is 0 Å². The third kappa shape index (κ3) is 4.14. The predicted octanol–water partition coefficient (Wildman–Crippen LogP) is 5.14. The van der Waals surface area contributed by atoms with Gasteiger partial charge in [-0.15, -0.1) is 0 Å². The van der Waals surface area contributed by atoms with E-state index >= 15 is 0 Å². The lowest BCUT2D eigenvalue weighted by Gasteiger charge is -2.39. The Morgan fingerprint density at radius 1 is 1.16 bits per heavy atom. The van der Waals surface area contributed by atoms with Gasteiger partial charge in [0, 0.05) is 36.8 Å². The van der Waals surface area contributed by atoms with Crippen LogP contribution < -0.4 is 4.90 Å². The van der Waals surface area contributed by atoms with E-state index in [0.29, 0.717) is 5.69 Å². The lowest BCUT2D eigenvalue weighted by molar-refractivity contribution is -0.0132. The van der Waals surface area contributed by atoms with Crippen LogP contribution in [0.4, 0.5) is 5.69 Å². The van der Waals surface area contributed by atoms with Gasteiger partial charge in [0.1, 0.15) is 11.8 Å². The average molecular weight is 416 g/mol. The summed E-state index contributed by atoms with van der Waals surface area (Å²) in [7, 11) is 1.79. The number of fused-ring (bicyclic) bond motifs is 1. The van der Waals surface area contributed by atoms with Crippen LogP contribution in [0, 0.1) is 18.3 Å². The van der Waals surface area contributed by atoms with E-state index in [1.165, 1.54) is 5.69 Å². The Morgan fingerprint density at radius 2 is 1.84 bits per heavy atom. The van der Waals surface area contributed by atoms with Crippen LogP contribution in [0.3, 0.4) is 0 Å². The van der Waals surface area contributed by atoms with Gasteiger partial charge in [-0.1, -0.05) is 18.2 Å². The molecule has 0 saturated carbocycles. The molecule has 3 aromatic rings. The van der Waals surface area contributed by atoms with E-state index in [2.05, 4.69) is 47.1 Å². The molecule has 2 aromatic carbocycles. The van der Waals surface area contributed by atoms with E-state index in [-0.39, 0.29) is 5.60 Å². The molecule has 1 fully saturated rings. The maximum Gasteiger partial charge on any atom is 0.149 e. The number of rotatable bonds is 4. The molecule has 0 spiro atoms. The summed E-state index contributed by atoms with van der Waals surface area (Å²) in [5.74, 6) is 0. The Morgan fingerprint density at radius 3 is 2.42 bits per heavy atom. The molecule has 1 aromatic heterocycles. The smallest absolute Gasteiger partial charge is 0.149 e. The second kappa shape index (κ2) is 8.30. The first-order valence-corrected chi connectivity index (χ1v) is 10.8. The van der Waals surface area contributed by atoms with Crippen LogP contribution in [0.2, 0.25) is 0 Å². The van der Waals surface area contributed by atoms with Crippen molar-refractivity contribution in [2.45, 2.75) is 45.3 Å². The summed E-state index contributed by atoms with van der Waals surface area (Å²) < 4.78 is 5.65. The van der Waals surface area contributed by atoms with Crippen LogP contribution in [0.15, 0.2) is 42.5 Å². The molecule has 4 rings (SSSR count). The van der Waals surface area contributed by atoms with Crippen LogP contribution >= 0.6 is 0 Å². The first-order chi connectivity index (χ1) is 14.8. The number of anilines is 1. The molecule has 0 radical (unpaired) electrons. The molecule has 0 amide bonds. The molecular formula is C26H29N3O2. The summed E-state index contributed by atoms with van der Waals surface area (Å²) in [5, 5.41) is 20.9. The summed E-state index contributed by atoms with van der Waals surface area (Å²) in [5.41, 5.74) is 5.87. The van der Waals surface area contributed by atoms with Crippen molar-refractivity contribution in [1.29, 1.82) is 5.26 Å². The van der Waals surface area contributed by atoms with E-state index in [4.69, 9.17) is 4.74 Å². The number of piperidine rings is 1. The van der Waals surface area contributed by atoms with Crippen molar-refractivity contribution in [3.05, 3.63) is 59.3 Å². The summed E-state index contributed by atoms with van der Waals surface area (Å²) in [6.07, 6.45) is 1.39. The van der Waals surface area contributed by atoms with Crippen LogP contribution in [0.25, 0.3) is 22.0 Å². The van der Waals surface area contributed by atoms with Gasteiger partial charge < -0.3 is 14.7 Å². The van der Waals surface area contributed by atoms with Crippen LogP contribution in [-0.2, 0) is 4.74 Å². The average Bonchev–Trinajstić information content (AvgIpc) is 2.78. The molecule has 5 heteroatoms. The van der Waals surface area contributed by atoms with Gasteiger partial charge in [-0.2, -0.15) is 5.26 Å². The molecule has 2 heterocycles. The van der Waals surface area contributed by atoms with Crippen LogP contribution in [-0.4, -0.2) is 35.9 Å². The second-order valence-corrected chi connectivity index (χ2v) is 8.78. The molecule has 0 bridgehead atoms. The monoisotopic (exact) mass is 415 g/mol. The quantitative estimate of drug-likeness (QED) is 0.639. The molecule has 1 atom stereocenters. The fraction of sp³-hybridized carbons (Fsp3) is 0.385. The number of aromatic nitrogens is 1. The molecule has 0 aliphatic carbocycles. The summed E-state index contributed by atoms with van der Waals surface area (Å²) in [6.45, 7) is 7.83. The minimum Gasteiger partial charge on any atom is -0.389 e. The number of ether oxygens (including phenoxy) is 1. The SMILES string of the molecule is COC1(C)CCN(c2ccc(-c3cc4c(C(C)O)cc(C)cc4nc3C#N)cc2)CC1. The maximum atomic E-state index is 10.3. The van der Waals surface area contributed by atoms with Crippen LogP contribution in [0.5, 0.6) is 0 Å². The molecule has 160 valence electrons. The minimum absolute atomic E-state index is 0.0329. The fourth-order valence-corrected chi connectivity index (χ4v) is 4.39. The number of aryl methyl sites for hydroxylation is 1. The highest BCUT2D eigenvalue weighted by molar-refractivity contribution is 5.89. The number of nitrogens with zero attached hydrogens (tertiary/aromatic N) is 3. The Balaban J connectivity index is 1.69. The number of hydrogen-bond donors (Lipinski definition) is 1. The number of aliphatic hydroxyl groups is 1. The van der Waals surface area contributed by atoms with Gasteiger partial charge >= 0.3 is 0 Å². The summed E-state index contributed by atoms with van der Waals surface area (Å²) >= 11 is 0. The van der Waals surface area contributed by atoms with Gasteiger partial charge in [0.15, 0.2) is 0 Å². The largest absolute Gasteiger partial charge is 0.389 e. The molecule has 5 nitrogen and oxygen atoms in total. The first-order valence-electron chi connectivity index (χ1n) is 10.8. The van der Waals surface area contributed by atoms with E-state index in [0.717, 1.165) is 59.1 Å². The highest BCUT2D eigenvalue weighted by Gasteiger charge is 2.29. The number of methoxy groups -OCH3 is 1. The number of aliphatic hydroxyl groups excluding tert-OH is 1. The van der Waals surface area contributed by atoms with E-state index < -0.39 is 6.10 Å². The normalized spacial score (nSPS) is 16.8. The van der Waals surface area contributed by atoms with Crippen molar-refractivity contribution in [1.82, 2.24) is 4.98 Å². The van der Waals surface area contributed by atoms with Crippen molar-refractivity contribution < 1.29 is 9.84 Å². The molecule has 31 heavy (non-hydrogen) atoms. The third-order valence-electron chi connectivity index (χ3n) is 6.52. The summed E-state index contributed by atoms with van der Waals surface area (Å²) in [4.78, 5) is 6.99. The predicted molar refractivity (Wildman–Crippen MR) is 124 cm³/mol. The topological polar surface area (TPSA) is 69.4 Å². The van der Waals surface area contributed by atoms with Gasteiger partial charge in [0.2, 0.25) is 0 Å². The molecule has 1 aliphatic rings. The fourth-order valence-electron chi connectivity index (χ4n) is 4.39. The molecular weight excluding hydrogens is 386 g/mol. The highest BCUT2D eigenvalue weighted by Crippen LogP contribution is 2.33.